The number of hydrogen-bond acceptors (Lipinski definition) is 5. The van der Waals surface area contributed by atoms with Gasteiger partial charge >= 0.3 is 0 Å². The van der Waals surface area contributed by atoms with Crippen LogP contribution in [0.2, 0.25) is 0 Å². The molecule has 0 amide bonds. The second kappa shape index (κ2) is 3.61. The Hall–Kier alpha value is -2.04. The highest BCUT2D eigenvalue weighted by Crippen LogP contribution is 2.15. The topological polar surface area (TPSA) is 68.9 Å². The van der Waals surface area contributed by atoms with E-state index >= 15 is 0 Å². The number of carbonyl (C=O) groups excluding carboxylic acids is 1. The highest BCUT2D eigenvalue weighted by atomic mass is 16.5. The van der Waals surface area contributed by atoms with Gasteiger partial charge in [-0.15, -0.1) is 0 Å². The average molecular weight is 203 g/mol. The number of aryl methyl sites for hydroxylation is 1. The number of carbonyl (C=O) groups is 1. The van der Waals surface area contributed by atoms with Crippen LogP contribution in [0.15, 0.2) is 22.9 Å². The molecule has 2 heterocycles. The van der Waals surface area contributed by atoms with Crippen LogP contribution in [0.25, 0.3) is 11.6 Å². The van der Waals surface area contributed by atoms with Crippen LogP contribution in [-0.2, 0) is 0 Å². The third-order valence-corrected chi connectivity index (χ3v) is 1.91. The molecule has 0 aliphatic rings. The zero-order valence-corrected chi connectivity index (χ0v) is 8.39. The molecule has 5 nitrogen and oxygen atoms in total. The molecule has 0 saturated carbocycles. The molecule has 15 heavy (non-hydrogen) atoms. The van der Waals surface area contributed by atoms with E-state index in [1.54, 1.807) is 25.3 Å². The molecule has 0 fully saturated rings. The molecule has 0 unspecified atom stereocenters. The molecule has 0 aliphatic carbocycles. The lowest BCUT2D eigenvalue weighted by Crippen LogP contribution is -1.93. The maximum absolute atomic E-state index is 11.1. The van der Waals surface area contributed by atoms with Gasteiger partial charge in [0.1, 0.15) is 5.69 Å². The number of nitrogens with zero attached hydrogens (tertiary/aromatic N) is 3. The predicted molar refractivity (Wildman–Crippen MR) is 52.3 cm³/mol. The van der Waals surface area contributed by atoms with Crippen LogP contribution >= 0.6 is 0 Å². The van der Waals surface area contributed by atoms with Crippen molar-refractivity contribution in [2.45, 2.75) is 13.8 Å². The molecule has 0 bridgehead atoms. The first-order chi connectivity index (χ1) is 7.16. The third kappa shape index (κ3) is 1.90. The minimum absolute atomic E-state index is 0.0186. The zero-order valence-electron chi connectivity index (χ0n) is 8.39. The number of aromatic nitrogens is 3. The van der Waals surface area contributed by atoms with Gasteiger partial charge in [0.2, 0.25) is 0 Å². The number of pyridine rings is 1. The lowest BCUT2D eigenvalue weighted by molar-refractivity contribution is 0.101. The normalized spacial score (nSPS) is 10.3. The Balaban J connectivity index is 2.45. The van der Waals surface area contributed by atoms with Crippen LogP contribution in [0.5, 0.6) is 0 Å². The van der Waals surface area contributed by atoms with E-state index in [-0.39, 0.29) is 5.78 Å². The SMILES string of the molecule is CC(=O)c1ccnc(-c2nc(C)no2)c1. The van der Waals surface area contributed by atoms with Crippen molar-refractivity contribution in [1.29, 1.82) is 0 Å². The molecule has 0 N–H and O–H groups in total. The van der Waals surface area contributed by atoms with Crippen molar-refractivity contribution in [1.82, 2.24) is 15.1 Å². The second-order valence-corrected chi connectivity index (χ2v) is 3.13. The molecule has 0 aromatic carbocycles. The maximum atomic E-state index is 11.1. The van der Waals surface area contributed by atoms with Gasteiger partial charge in [-0.1, -0.05) is 5.16 Å². The summed E-state index contributed by atoms with van der Waals surface area (Å²) < 4.78 is 4.95. The van der Waals surface area contributed by atoms with Gasteiger partial charge in [0.05, 0.1) is 0 Å². The summed E-state index contributed by atoms with van der Waals surface area (Å²) in [5.41, 5.74) is 1.10. The van der Waals surface area contributed by atoms with Crippen LogP contribution < -0.4 is 0 Å². The molecule has 0 spiro atoms. The van der Waals surface area contributed by atoms with Crippen molar-refractivity contribution in [2.24, 2.45) is 0 Å². The fourth-order valence-corrected chi connectivity index (χ4v) is 1.17. The fraction of sp³-hybridized carbons (Fsp3) is 0.200. The Kier molecular flexibility index (Phi) is 2.29. The summed E-state index contributed by atoms with van der Waals surface area (Å²) in [5.74, 6) is 0.852. The first-order valence-corrected chi connectivity index (χ1v) is 4.44. The number of rotatable bonds is 2. The molecule has 0 atom stereocenters. The average Bonchev–Trinajstić information content (AvgIpc) is 2.65. The third-order valence-electron chi connectivity index (χ3n) is 1.91. The summed E-state index contributed by atoms with van der Waals surface area (Å²) in [4.78, 5) is 19.2. The van der Waals surface area contributed by atoms with Gasteiger partial charge in [-0.3, -0.25) is 9.78 Å². The van der Waals surface area contributed by atoms with Gasteiger partial charge in [0.25, 0.3) is 5.89 Å². The summed E-state index contributed by atoms with van der Waals surface area (Å²) in [7, 11) is 0. The molecule has 2 aromatic rings. The number of hydrogen-bond donors (Lipinski definition) is 0. The van der Waals surface area contributed by atoms with Gasteiger partial charge in [-0.2, -0.15) is 4.98 Å². The van der Waals surface area contributed by atoms with E-state index in [4.69, 9.17) is 4.52 Å². The molecular formula is C10H9N3O2. The monoisotopic (exact) mass is 203 g/mol. The lowest BCUT2D eigenvalue weighted by Gasteiger charge is -1.96. The molecule has 0 radical (unpaired) electrons. The molecule has 2 aromatic heterocycles. The van der Waals surface area contributed by atoms with Crippen LogP contribution in [0.3, 0.4) is 0 Å². The molecule has 0 aliphatic heterocycles. The van der Waals surface area contributed by atoms with Crippen molar-refractivity contribution in [2.75, 3.05) is 0 Å². The van der Waals surface area contributed by atoms with Crippen LogP contribution in [0.4, 0.5) is 0 Å². The largest absolute Gasteiger partial charge is 0.332 e. The van der Waals surface area contributed by atoms with Gasteiger partial charge in [-0.25, -0.2) is 0 Å². The van der Waals surface area contributed by atoms with E-state index in [0.717, 1.165) is 0 Å². The highest BCUT2D eigenvalue weighted by Gasteiger charge is 2.09. The van der Waals surface area contributed by atoms with E-state index in [0.29, 0.717) is 23.0 Å². The summed E-state index contributed by atoms with van der Waals surface area (Å²) in [5, 5.41) is 3.66. The van der Waals surface area contributed by atoms with E-state index in [1.807, 2.05) is 0 Å². The minimum Gasteiger partial charge on any atom is -0.332 e. The van der Waals surface area contributed by atoms with E-state index in [9.17, 15) is 4.79 Å². The first-order valence-electron chi connectivity index (χ1n) is 4.44. The maximum Gasteiger partial charge on any atom is 0.276 e. The second-order valence-electron chi connectivity index (χ2n) is 3.13. The van der Waals surface area contributed by atoms with E-state index in [2.05, 4.69) is 15.1 Å². The van der Waals surface area contributed by atoms with Crippen LogP contribution in [-0.4, -0.2) is 20.9 Å². The number of ketones is 1. The summed E-state index contributed by atoms with van der Waals surface area (Å²) >= 11 is 0. The standard InChI is InChI=1S/C10H9N3O2/c1-6(14)8-3-4-11-9(5-8)10-12-7(2)13-15-10/h3-5H,1-2H3. The molecule has 2 rings (SSSR count). The summed E-state index contributed by atoms with van der Waals surface area (Å²) in [6.07, 6.45) is 1.55. The van der Waals surface area contributed by atoms with Crippen molar-refractivity contribution in [3.8, 4) is 11.6 Å². The summed E-state index contributed by atoms with van der Waals surface area (Å²) in [6.45, 7) is 3.22. The van der Waals surface area contributed by atoms with E-state index < -0.39 is 0 Å². The molecule has 76 valence electrons. The van der Waals surface area contributed by atoms with Crippen molar-refractivity contribution in [3.05, 3.63) is 29.7 Å². The van der Waals surface area contributed by atoms with Crippen molar-refractivity contribution in [3.63, 3.8) is 0 Å². The molecular weight excluding hydrogens is 194 g/mol. The lowest BCUT2D eigenvalue weighted by atomic mass is 10.1. The molecule has 5 heteroatoms. The Morgan fingerprint density at radius 1 is 1.47 bits per heavy atom. The minimum atomic E-state index is -0.0186. The highest BCUT2D eigenvalue weighted by molar-refractivity contribution is 5.94. The van der Waals surface area contributed by atoms with Crippen LogP contribution in [0, 0.1) is 6.92 Å². The first kappa shape index (κ1) is 9.51. The fourth-order valence-electron chi connectivity index (χ4n) is 1.17. The van der Waals surface area contributed by atoms with Crippen molar-refractivity contribution < 1.29 is 9.32 Å². The summed E-state index contributed by atoms with van der Waals surface area (Å²) in [6, 6.07) is 3.28. The zero-order chi connectivity index (χ0) is 10.8. The Morgan fingerprint density at radius 3 is 2.87 bits per heavy atom. The van der Waals surface area contributed by atoms with Gasteiger partial charge in [-0.05, 0) is 26.0 Å². The van der Waals surface area contributed by atoms with Gasteiger partial charge in [0, 0.05) is 11.8 Å². The quantitative estimate of drug-likeness (QED) is 0.694. The van der Waals surface area contributed by atoms with E-state index in [1.165, 1.54) is 6.92 Å². The molecule has 0 saturated heterocycles. The van der Waals surface area contributed by atoms with Gasteiger partial charge in [0.15, 0.2) is 11.6 Å². The van der Waals surface area contributed by atoms with Crippen molar-refractivity contribution >= 4 is 5.78 Å². The Labute approximate surface area is 86.1 Å². The Morgan fingerprint density at radius 2 is 2.27 bits per heavy atom. The number of Topliss-reactive ketones (excluding diaryl/α,β-unsaturated/α-hetero) is 1. The predicted octanol–water partition coefficient (Wildman–Crippen LogP) is 1.64. The van der Waals surface area contributed by atoms with Gasteiger partial charge < -0.3 is 4.52 Å². The van der Waals surface area contributed by atoms with Crippen LogP contribution in [0.1, 0.15) is 23.1 Å². The smallest absolute Gasteiger partial charge is 0.276 e. The Bertz CT molecular complexity index is 505.